The second kappa shape index (κ2) is 8.95. The summed E-state index contributed by atoms with van der Waals surface area (Å²) in [6, 6.07) is 8.37. The Morgan fingerprint density at radius 3 is 2.64 bits per heavy atom. The van der Waals surface area contributed by atoms with Crippen molar-refractivity contribution < 1.29 is 0 Å². The minimum Gasteiger partial charge on any atom is -0.382 e. The van der Waals surface area contributed by atoms with E-state index in [4.69, 9.17) is 28.8 Å². The van der Waals surface area contributed by atoms with Crippen LogP contribution in [-0.2, 0) is 6.42 Å². The summed E-state index contributed by atoms with van der Waals surface area (Å²) in [5, 5.41) is 0.974. The fourth-order valence-corrected chi connectivity index (χ4v) is 6.35. The maximum absolute atomic E-state index is 6.88. The van der Waals surface area contributed by atoms with Crippen LogP contribution in [0.1, 0.15) is 30.0 Å². The third-order valence-corrected chi connectivity index (χ3v) is 8.97. The van der Waals surface area contributed by atoms with Crippen LogP contribution in [0, 0.1) is 5.41 Å². The Bertz CT molecular complexity index is 1420. The summed E-state index contributed by atoms with van der Waals surface area (Å²) in [5.74, 6) is 1.41. The third kappa shape index (κ3) is 3.95. The van der Waals surface area contributed by atoms with Crippen LogP contribution in [-0.4, -0.2) is 37.6 Å². The molecular weight excluding hydrogens is 494 g/mol. The molecule has 6 N–H and O–H groups in total. The van der Waals surface area contributed by atoms with Crippen molar-refractivity contribution in [1.82, 2.24) is 24.5 Å². The summed E-state index contributed by atoms with van der Waals surface area (Å²) >= 11 is 7.60. The fourth-order valence-electron chi connectivity index (χ4n) is 5.33. The number of hydrogen-bond donors (Lipinski definition) is 3. The molecule has 1 atom stereocenters. The zero-order valence-corrected chi connectivity index (χ0v) is 21.1. The van der Waals surface area contributed by atoms with E-state index in [2.05, 4.69) is 43.0 Å². The highest BCUT2D eigenvalue weighted by molar-refractivity contribution is 7.99. The Kier molecular flexibility index (Phi) is 5.74. The molecule has 1 saturated heterocycles. The summed E-state index contributed by atoms with van der Waals surface area (Å²) in [6.45, 7) is 1.70. The van der Waals surface area contributed by atoms with E-state index in [-0.39, 0.29) is 17.3 Å². The van der Waals surface area contributed by atoms with Crippen molar-refractivity contribution in [3.63, 3.8) is 0 Å². The lowest BCUT2D eigenvalue weighted by atomic mass is 9.73. The van der Waals surface area contributed by atoms with Gasteiger partial charge < -0.3 is 26.7 Å². The first-order valence-corrected chi connectivity index (χ1v) is 12.9. The largest absolute Gasteiger partial charge is 0.382 e. The molecule has 0 bridgehead atoms. The van der Waals surface area contributed by atoms with Gasteiger partial charge in [0.2, 0.25) is 0 Å². The predicted octanol–water partition coefficient (Wildman–Crippen LogP) is 3.87. The minimum atomic E-state index is 0.00518. The van der Waals surface area contributed by atoms with E-state index in [9.17, 15) is 0 Å². The molecule has 11 heteroatoms. The monoisotopic (exact) mass is 519 g/mol. The number of nitrogens with two attached hydrogens (primary N) is 3. The number of nitrogens with zero attached hydrogens (tertiary/aromatic N) is 6. The first kappa shape index (κ1) is 23.1. The lowest BCUT2D eigenvalue weighted by molar-refractivity contribution is 0.187. The molecule has 0 amide bonds. The van der Waals surface area contributed by atoms with Crippen molar-refractivity contribution >= 4 is 40.8 Å². The number of benzene rings is 1. The molecule has 4 aromatic rings. The number of anilines is 3. The van der Waals surface area contributed by atoms with E-state index in [1.54, 1.807) is 24.7 Å². The highest BCUT2D eigenvalue weighted by Crippen LogP contribution is 2.51. The Morgan fingerprint density at radius 2 is 1.89 bits per heavy atom. The number of piperidine rings is 1. The van der Waals surface area contributed by atoms with Crippen molar-refractivity contribution in [3.8, 4) is 5.69 Å². The molecule has 4 heterocycles. The SMILES string of the molecule is Nc1nc(N2CCC3(CC2)Cc2ccc(-n4ccnc4)cc2[C@H]3N)cnc1Sc1ccnc(N)c1Cl. The van der Waals surface area contributed by atoms with Crippen LogP contribution >= 0.6 is 23.4 Å². The summed E-state index contributed by atoms with van der Waals surface area (Å²) in [5.41, 5.74) is 22.7. The van der Waals surface area contributed by atoms with Gasteiger partial charge in [0, 0.05) is 48.3 Å². The topological polar surface area (TPSA) is 138 Å². The van der Waals surface area contributed by atoms with Crippen LogP contribution < -0.4 is 22.1 Å². The van der Waals surface area contributed by atoms with Crippen LogP contribution in [0.15, 0.2) is 65.3 Å². The molecule has 1 fully saturated rings. The van der Waals surface area contributed by atoms with Gasteiger partial charge in [0.1, 0.15) is 16.7 Å². The highest BCUT2D eigenvalue weighted by atomic mass is 35.5. The van der Waals surface area contributed by atoms with Crippen LogP contribution in [0.25, 0.3) is 5.69 Å². The maximum atomic E-state index is 6.88. The number of rotatable bonds is 4. The van der Waals surface area contributed by atoms with E-state index >= 15 is 0 Å². The average molecular weight is 520 g/mol. The van der Waals surface area contributed by atoms with Gasteiger partial charge in [-0.1, -0.05) is 29.4 Å². The summed E-state index contributed by atoms with van der Waals surface area (Å²) in [4.78, 5) is 20.4. The zero-order chi connectivity index (χ0) is 24.9. The van der Waals surface area contributed by atoms with Gasteiger partial charge in [-0.3, -0.25) is 0 Å². The first-order valence-electron chi connectivity index (χ1n) is 11.8. The van der Waals surface area contributed by atoms with Gasteiger partial charge in [-0.25, -0.2) is 19.9 Å². The Hall–Kier alpha value is -3.34. The molecule has 0 radical (unpaired) electrons. The van der Waals surface area contributed by atoms with Gasteiger partial charge in [-0.15, -0.1) is 0 Å². The van der Waals surface area contributed by atoms with Gasteiger partial charge in [0.15, 0.2) is 5.82 Å². The summed E-state index contributed by atoms with van der Waals surface area (Å²) in [6.07, 6.45) is 11.9. The quantitative estimate of drug-likeness (QED) is 0.366. The molecule has 1 spiro atoms. The van der Waals surface area contributed by atoms with E-state index in [0.717, 1.165) is 48.8 Å². The number of halogens is 1. The number of hydrogen-bond acceptors (Lipinski definition) is 9. The summed E-state index contributed by atoms with van der Waals surface area (Å²) < 4.78 is 2.02. The minimum absolute atomic E-state index is 0.00518. The molecule has 9 nitrogen and oxygen atoms in total. The average Bonchev–Trinajstić information content (AvgIpc) is 3.51. The normalized spacial score (nSPS) is 18.5. The van der Waals surface area contributed by atoms with Gasteiger partial charge in [0.25, 0.3) is 0 Å². The molecule has 36 heavy (non-hydrogen) atoms. The van der Waals surface area contributed by atoms with Gasteiger partial charge in [-0.05, 0) is 54.0 Å². The highest BCUT2D eigenvalue weighted by Gasteiger charge is 2.46. The van der Waals surface area contributed by atoms with E-state index in [1.807, 2.05) is 17.1 Å². The smallest absolute Gasteiger partial charge is 0.158 e. The molecule has 1 aliphatic heterocycles. The molecule has 3 aromatic heterocycles. The lowest BCUT2D eigenvalue weighted by Gasteiger charge is -2.42. The van der Waals surface area contributed by atoms with Crippen LogP contribution in [0.2, 0.25) is 5.02 Å². The standard InChI is InChI=1S/C25H26ClN9S/c26-20-18(3-6-31-22(20)28)36-24-23(29)33-19(13-32-24)34-8-4-25(5-9-34)12-15-1-2-16(11-17(15)21(25)27)35-10-7-30-14-35/h1-3,6-7,10-11,13-14,21H,4-5,8-9,12,27H2,(H2,28,31)(H2,29,33)/t21-/m1/s1. The number of aromatic nitrogens is 5. The number of pyridine rings is 1. The van der Waals surface area contributed by atoms with E-state index < -0.39 is 0 Å². The Balaban J connectivity index is 1.16. The van der Waals surface area contributed by atoms with Crippen molar-refractivity contribution in [2.45, 2.75) is 35.2 Å². The number of imidazole rings is 1. The van der Waals surface area contributed by atoms with E-state index in [0.29, 0.717) is 15.9 Å². The van der Waals surface area contributed by atoms with Gasteiger partial charge in [0.05, 0.1) is 17.5 Å². The number of nitrogen functional groups attached to an aromatic ring is 2. The van der Waals surface area contributed by atoms with Gasteiger partial charge >= 0.3 is 0 Å². The van der Waals surface area contributed by atoms with Crippen molar-refractivity contribution in [3.05, 3.63) is 71.5 Å². The lowest BCUT2D eigenvalue weighted by Crippen LogP contribution is -2.44. The van der Waals surface area contributed by atoms with Crippen molar-refractivity contribution in [2.24, 2.45) is 11.1 Å². The molecule has 1 aromatic carbocycles. The fraction of sp³-hybridized carbons (Fsp3) is 0.280. The molecule has 1 aliphatic carbocycles. The Morgan fingerprint density at radius 1 is 1.06 bits per heavy atom. The maximum Gasteiger partial charge on any atom is 0.158 e. The van der Waals surface area contributed by atoms with Crippen molar-refractivity contribution in [2.75, 3.05) is 29.5 Å². The molecular formula is C25H26ClN9S. The Labute approximate surface area is 218 Å². The van der Waals surface area contributed by atoms with Crippen LogP contribution in [0.3, 0.4) is 0 Å². The molecule has 0 unspecified atom stereocenters. The first-order chi connectivity index (χ1) is 17.4. The van der Waals surface area contributed by atoms with Gasteiger partial charge in [-0.2, -0.15) is 0 Å². The van der Waals surface area contributed by atoms with E-state index in [1.165, 1.54) is 22.9 Å². The zero-order valence-electron chi connectivity index (χ0n) is 19.5. The molecule has 6 rings (SSSR count). The molecule has 0 saturated carbocycles. The van der Waals surface area contributed by atoms with Crippen LogP contribution in [0.5, 0.6) is 0 Å². The van der Waals surface area contributed by atoms with Crippen LogP contribution in [0.4, 0.5) is 17.5 Å². The second-order valence-corrected chi connectivity index (χ2v) is 10.8. The molecule has 184 valence electrons. The molecule has 2 aliphatic rings. The predicted molar refractivity (Wildman–Crippen MR) is 142 cm³/mol. The van der Waals surface area contributed by atoms with Crippen molar-refractivity contribution in [1.29, 1.82) is 0 Å². The summed E-state index contributed by atoms with van der Waals surface area (Å²) in [7, 11) is 0. The second-order valence-electron chi connectivity index (χ2n) is 9.39. The number of fused-ring (bicyclic) bond motifs is 1. The third-order valence-electron chi connectivity index (χ3n) is 7.39.